The molecule has 1 aliphatic rings. The molecule has 18 heavy (non-hydrogen) atoms. The van der Waals surface area contributed by atoms with Crippen molar-refractivity contribution in [3.63, 3.8) is 0 Å². The molecule has 0 aromatic carbocycles. The Morgan fingerprint density at radius 2 is 2.22 bits per heavy atom. The van der Waals surface area contributed by atoms with Crippen LogP contribution in [0.5, 0.6) is 0 Å². The fourth-order valence-electron chi connectivity index (χ4n) is 2.44. The van der Waals surface area contributed by atoms with Gasteiger partial charge in [-0.2, -0.15) is 18.2 Å². The molecule has 0 aliphatic carbocycles. The molecule has 2 rings (SSSR count). The standard InChI is InChI=1S/C11H16F3N3O/c1-2-4-10(5-3-6-15-10)9-16-8(17-18-9)7-11(12,13)14/h15H,2-7H2,1H3. The zero-order valence-electron chi connectivity index (χ0n) is 10.2. The molecule has 1 N–H and O–H groups in total. The van der Waals surface area contributed by atoms with Crippen molar-refractivity contribution >= 4 is 0 Å². The number of hydrogen-bond acceptors (Lipinski definition) is 4. The Hall–Kier alpha value is -1.11. The number of aromatic nitrogens is 2. The summed E-state index contributed by atoms with van der Waals surface area (Å²) in [6.45, 7) is 2.85. The lowest BCUT2D eigenvalue weighted by molar-refractivity contribution is -0.128. The van der Waals surface area contributed by atoms with Crippen LogP contribution in [-0.2, 0) is 12.0 Å². The van der Waals surface area contributed by atoms with Crippen LogP contribution in [0.3, 0.4) is 0 Å². The van der Waals surface area contributed by atoms with Crippen LogP contribution in [0.1, 0.15) is 44.3 Å². The zero-order chi connectivity index (χ0) is 13.2. The highest BCUT2D eigenvalue weighted by atomic mass is 19.4. The van der Waals surface area contributed by atoms with Gasteiger partial charge in [-0.1, -0.05) is 18.5 Å². The highest BCUT2D eigenvalue weighted by Gasteiger charge is 2.40. The van der Waals surface area contributed by atoms with Crippen molar-refractivity contribution in [3.05, 3.63) is 11.7 Å². The summed E-state index contributed by atoms with van der Waals surface area (Å²) in [6, 6.07) is 0. The number of halogens is 3. The second-order valence-corrected chi connectivity index (χ2v) is 4.67. The molecule has 1 saturated heterocycles. The summed E-state index contributed by atoms with van der Waals surface area (Å²) in [4.78, 5) is 3.91. The fraction of sp³-hybridized carbons (Fsp3) is 0.818. The third-order valence-electron chi connectivity index (χ3n) is 3.16. The molecule has 1 fully saturated rings. The largest absolute Gasteiger partial charge is 0.396 e. The van der Waals surface area contributed by atoms with Crippen molar-refractivity contribution < 1.29 is 17.7 Å². The first-order valence-corrected chi connectivity index (χ1v) is 6.10. The maximum Gasteiger partial charge on any atom is 0.396 e. The molecule has 102 valence electrons. The van der Waals surface area contributed by atoms with Gasteiger partial charge in [0.05, 0.1) is 5.54 Å². The van der Waals surface area contributed by atoms with Crippen LogP contribution in [0, 0.1) is 0 Å². The van der Waals surface area contributed by atoms with Crippen LogP contribution in [0.15, 0.2) is 4.52 Å². The van der Waals surface area contributed by atoms with Crippen molar-refractivity contribution in [1.82, 2.24) is 15.5 Å². The third-order valence-corrected chi connectivity index (χ3v) is 3.16. The Labute approximate surface area is 103 Å². The summed E-state index contributed by atoms with van der Waals surface area (Å²) < 4.78 is 41.7. The minimum Gasteiger partial charge on any atom is -0.337 e. The summed E-state index contributed by atoms with van der Waals surface area (Å²) in [6.07, 6.45) is -1.95. The second-order valence-electron chi connectivity index (χ2n) is 4.67. The summed E-state index contributed by atoms with van der Waals surface area (Å²) in [5.74, 6) is 0.00257. The van der Waals surface area contributed by atoms with Crippen LogP contribution >= 0.6 is 0 Å². The first-order valence-electron chi connectivity index (χ1n) is 6.10. The quantitative estimate of drug-likeness (QED) is 0.907. The van der Waals surface area contributed by atoms with Gasteiger partial charge < -0.3 is 9.84 Å². The fourth-order valence-corrected chi connectivity index (χ4v) is 2.44. The highest BCUT2D eigenvalue weighted by Crippen LogP contribution is 2.34. The number of rotatable bonds is 4. The summed E-state index contributed by atoms with van der Waals surface area (Å²) in [7, 11) is 0. The molecule has 2 heterocycles. The van der Waals surface area contributed by atoms with Crippen LogP contribution in [0.25, 0.3) is 0 Å². The van der Waals surface area contributed by atoms with E-state index in [1.807, 2.05) is 6.92 Å². The normalized spacial score (nSPS) is 24.7. The highest BCUT2D eigenvalue weighted by molar-refractivity contribution is 5.07. The van der Waals surface area contributed by atoms with Gasteiger partial charge >= 0.3 is 6.18 Å². The van der Waals surface area contributed by atoms with Crippen molar-refractivity contribution in [3.8, 4) is 0 Å². The Balaban J connectivity index is 2.17. The Bertz CT molecular complexity index is 396. The van der Waals surface area contributed by atoms with Gasteiger partial charge in [0.25, 0.3) is 0 Å². The molecule has 1 unspecified atom stereocenters. The van der Waals surface area contributed by atoms with Crippen molar-refractivity contribution in [2.24, 2.45) is 0 Å². The molecule has 0 amide bonds. The lowest BCUT2D eigenvalue weighted by Gasteiger charge is -2.24. The lowest BCUT2D eigenvalue weighted by Crippen LogP contribution is -2.37. The van der Waals surface area contributed by atoms with Gasteiger partial charge in [0, 0.05) is 0 Å². The molecule has 0 saturated carbocycles. The average molecular weight is 263 g/mol. The van der Waals surface area contributed by atoms with Crippen molar-refractivity contribution in [1.29, 1.82) is 0 Å². The molecule has 7 heteroatoms. The number of hydrogen-bond donors (Lipinski definition) is 1. The number of nitrogens with zero attached hydrogens (tertiary/aromatic N) is 2. The minimum atomic E-state index is -4.30. The average Bonchev–Trinajstić information content (AvgIpc) is 2.85. The van der Waals surface area contributed by atoms with E-state index in [4.69, 9.17) is 4.52 Å². The zero-order valence-corrected chi connectivity index (χ0v) is 10.2. The topological polar surface area (TPSA) is 51.0 Å². The van der Waals surface area contributed by atoms with Gasteiger partial charge in [-0.05, 0) is 25.8 Å². The smallest absolute Gasteiger partial charge is 0.337 e. The van der Waals surface area contributed by atoms with E-state index >= 15 is 0 Å². The number of alkyl halides is 3. The second kappa shape index (κ2) is 4.87. The molecule has 4 nitrogen and oxygen atoms in total. The van der Waals surface area contributed by atoms with Gasteiger partial charge in [-0.15, -0.1) is 0 Å². The van der Waals surface area contributed by atoms with Gasteiger partial charge in [-0.25, -0.2) is 0 Å². The van der Waals surface area contributed by atoms with E-state index in [0.717, 1.165) is 32.2 Å². The Kier molecular flexibility index (Phi) is 3.61. The Morgan fingerprint density at radius 3 is 2.78 bits per heavy atom. The maximum atomic E-state index is 12.2. The molecular formula is C11H16F3N3O. The van der Waals surface area contributed by atoms with Crippen LogP contribution in [0.4, 0.5) is 13.2 Å². The molecule has 0 spiro atoms. The summed E-state index contributed by atoms with van der Waals surface area (Å²) in [5.41, 5.74) is -0.425. The monoisotopic (exact) mass is 263 g/mol. The van der Waals surface area contributed by atoms with Crippen LogP contribution < -0.4 is 5.32 Å². The first-order chi connectivity index (χ1) is 8.45. The SMILES string of the molecule is CCCC1(c2nc(CC(F)(F)F)no2)CCCN1. The van der Waals surface area contributed by atoms with E-state index in [2.05, 4.69) is 15.5 Å². The maximum absolute atomic E-state index is 12.2. The van der Waals surface area contributed by atoms with Gasteiger partial charge in [0.1, 0.15) is 6.42 Å². The molecule has 0 radical (unpaired) electrons. The third kappa shape index (κ3) is 2.82. The van der Waals surface area contributed by atoms with E-state index in [-0.39, 0.29) is 5.82 Å². The van der Waals surface area contributed by atoms with Gasteiger partial charge in [0.2, 0.25) is 5.89 Å². The number of nitrogens with one attached hydrogen (secondary N) is 1. The van der Waals surface area contributed by atoms with E-state index in [1.165, 1.54) is 0 Å². The molecule has 1 aliphatic heterocycles. The van der Waals surface area contributed by atoms with Crippen molar-refractivity contribution in [2.75, 3.05) is 6.54 Å². The molecule has 1 aromatic heterocycles. The summed E-state index contributed by atoms with van der Waals surface area (Å²) >= 11 is 0. The summed E-state index contributed by atoms with van der Waals surface area (Å²) in [5, 5.41) is 6.71. The van der Waals surface area contributed by atoms with E-state index in [1.54, 1.807) is 0 Å². The van der Waals surface area contributed by atoms with Crippen LogP contribution in [-0.4, -0.2) is 22.9 Å². The predicted octanol–water partition coefficient (Wildman–Crippen LogP) is 2.55. The predicted molar refractivity (Wildman–Crippen MR) is 57.9 cm³/mol. The molecule has 1 aromatic rings. The first kappa shape index (κ1) is 13.3. The molecular weight excluding hydrogens is 247 g/mol. The Morgan fingerprint density at radius 1 is 1.44 bits per heavy atom. The van der Waals surface area contributed by atoms with Crippen molar-refractivity contribution in [2.45, 2.75) is 50.7 Å². The van der Waals surface area contributed by atoms with E-state index in [9.17, 15) is 13.2 Å². The van der Waals surface area contributed by atoms with Gasteiger partial charge in [0.15, 0.2) is 5.82 Å². The molecule has 0 bridgehead atoms. The minimum absolute atomic E-state index is 0.290. The van der Waals surface area contributed by atoms with E-state index < -0.39 is 18.1 Å². The van der Waals surface area contributed by atoms with Crippen LogP contribution in [0.2, 0.25) is 0 Å². The lowest BCUT2D eigenvalue weighted by atomic mass is 9.92. The molecule has 1 atom stereocenters. The van der Waals surface area contributed by atoms with Gasteiger partial charge in [-0.3, -0.25) is 0 Å². The van der Waals surface area contributed by atoms with E-state index in [0.29, 0.717) is 5.89 Å².